The smallest absolute Gasteiger partial charge is 0.270 e. The molecule has 0 aromatic heterocycles. The molecule has 0 spiro atoms. The van der Waals surface area contributed by atoms with Gasteiger partial charge in [-0.2, -0.15) is 4.31 Å². The van der Waals surface area contributed by atoms with Crippen LogP contribution in [0.2, 0.25) is 0 Å². The lowest BCUT2D eigenvalue weighted by Gasteiger charge is -2.35. The summed E-state index contributed by atoms with van der Waals surface area (Å²) in [6.45, 7) is 7.42. The average Bonchev–Trinajstić information content (AvgIpc) is 2.70. The topological polar surface area (TPSA) is 93.0 Å². The molecular weight excluding hydrogens is 394 g/mol. The SMILES string of the molecule is Cc1ccc([N+](=O)[O-])cc1S(=O)(=O)N1CCN(CCOC2CCCCC2C)CC1. The number of benzene rings is 1. The molecule has 1 heterocycles. The summed E-state index contributed by atoms with van der Waals surface area (Å²) in [6, 6.07) is 3.99. The number of ether oxygens (including phenoxy) is 1. The maximum absolute atomic E-state index is 13.0. The largest absolute Gasteiger partial charge is 0.377 e. The van der Waals surface area contributed by atoms with Crippen LogP contribution in [0.1, 0.15) is 38.2 Å². The third-order valence-electron chi connectivity index (χ3n) is 6.10. The van der Waals surface area contributed by atoms with Crippen molar-refractivity contribution in [3.63, 3.8) is 0 Å². The number of hydrogen-bond acceptors (Lipinski definition) is 6. The van der Waals surface area contributed by atoms with Gasteiger partial charge in [0, 0.05) is 44.9 Å². The van der Waals surface area contributed by atoms with Crippen molar-refractivity contribution in [2.75, 3.05) is 39.3 Å². The highest BCUT2D eigenvalue weighted by atomic mass is 32.2. The summed E-state index contributed by atoms with van der Waals surface area (Å²) in [5.74, 6) is 0.615. The molecule has 2 fully saturated rings. The summed E-state index contributed by atoms with van der Waals surface area (Å²) in [4.78, 5) is 12.7. The normalized spacial score (nSPS) is 24.5. The van der Waals surface area contributed by atoms with Gasteiger partial charge in [0.15, 0.2) is 0 Å². The lowest BCUT2D eigenvalue weighted by Crippen LogP contribution is -2.49. The minimum absolute atomic E-state index is 0.0229. The Balaban J connectivity index is 1.53. The molecule has 1 aliphatic heterocycles. The highest BCUT2D eigenvalue weighted by molar-refractivity contribution is 7.89. The van der Waals surface area contributed by atoms with Crippen LogP contribution in [0, 0.1) is 23.0 Å². The van der Waals surface area contributed by atoms with Crippen LogP contribution in [0.15, 0.2) is 23.1 Å². The summed E-state index contributed by atoms with van der Waals surface area (Å²) in [5.41, 5.74) is 0.315. The van der Waals surface area contributed by atoms with Crippen molar-refractivity contribution in [3.05, 3.63) is 33.9 Å². The number of nitro benzene ring substituents is 1. The van der Waals surface area contributed by atoms with Gasteiger partial charge >= 0.3 is 0 Å². The van der Waals surface area contributed by atoms with Crippen LogP contribution >= 0.6 is 0 Å². The van der Waals surface area contributed by atoms with Crippen LogP contribution in [-0.4, -0.2) is 68.0 Å². The van der Waals surface area contributed by atoms with Crippen LogP contribution in [0.5, 0.6) is 0 Å². The molecule has 1 aromatic carbocycles. The van der Waals surface area contributed by atoms with Gasteiger partial charge in [-0.15, -0.1) is 0 Å². The van der Waals surface area contributed by atoms with E-state index in [9.17, 15) is 18.5 Å². The van der Waals surface area contributed by atoms with Crippen molar-refractivity contribution >= 4 is 15.7 Å². The van der Waals surface area contributed by atoms with Gasteiger partial charge in [0.1, 0.15) is 0 Å². The Morgan fingerprint density at radius 1 is 1.17 bits per heavy atom. The zero-order chi connectivity index (χ0) is 21.0. The van der Waals surface area contributed by atoms with E-state index in [1.165, 1.54) is 35.7 Å². The first-order valence-corrected chi connectivity index (χ1v) is 11.8. The molecule has 2 unspecified atom stereocenters. The highest BCUT2D eigenvalue weighted by Crippen LogP contribution is 2.27. The molecule has 1 aromatic rings. The molecule has 2 atom stereocenters. The van der Waals surface area contributed by atoms with Crippen LogP contribution in [-0.2, 0) is 14.8 Å². The van der Waals surface area contributed by atoms with Gasteiger partial charge in [0.25, 0.3) is 5.69 Å². The zero-order valence-electron chi connectivity index (χ0n) is 17.2. The van der Waals surface area contributed by atoms with E-state index in [-0.39, 0.29) is 10.6 Å². The van der Waals surface area contributed by atoms with Crippen molar-refractivity contribution < 1.29 is 18.1 Å². The van der Waals surface area contributed by atoms with Crippen LogP contribution in [0.3, 0.4) is 0 Å². The molecule has 162 valence electrons. The fourth-order valence-corrected chi connectivity index (χ4v) is 5.84. The first kappa shape index (κ1) is 22.1. The number of piperazine rings is 1. The van der Waals surface area contributed by atoms with Gasteiger partial charge in [-0.05, 0) is 31.2 Å². The monoisotopic (exact) mass is 425 g/mol. The van der Waals surface area contributed by atoms with Crippen molar-refractivity contribution in [2.45, 2.75) is 50.5 Å². The van der Waals surface area contributed by atoms with E-state index in [1.54, 1.807) is 6.92 Å². The standard InChI is InChI=1S/C20H31N3O5S/c1-16-5-3-4-6-19(16)28-14-13-21-9-11-22(12-10-21)29(26,27)20-15-18(23(24)25)8-7-17(20)2/h7-8,15-16,19H,3-6,9-14H2,1-2H3. The van der Waals surface area contributed by atoms with E-state index in [4.69, 9.17) is 4.74 Å². The second-order valence-corrected chi connectivity index (χ2v) is 10.0. The summed E-state index contributed by atoms with van der Waals surface area (Å²) in [5, 5.41) is 11.0. The second kappa shape index (κ2) is 9.51. The molecule has 9 heteroatoms. The quantitative estimate of drug-likeness (QED) is 0.493. The Kier molecular flexibility index (Phi) is 7.26. The number of nitro groups is 1. The number of rotatable bonds is 7. The third kappa shape index (κ3) is 5.33. The Labute approximate surface area is 173 Å². The number of sulfonamides is 1. The maximum Gasteiger partial charge on any atom is 0.270 e. The molecule has 1 saturated carbocycles. The lowest BCUT2D eigenvalue weighted by atomic mass is 9.88. The summed E-state index contributed by atoms with van der Waals surface area (Å²) >= 11 is 0. The van der Waals surface area contributed by atoms with Crippen molar-refractivity contribution in [3.8, 4) is 0 Å². The second-order valence-electron chi connectivity index (χ2n) is 8.12. The van der Waals surface area contributed by atoms with Gasteiger partial charge in [0.05, 0.1) is 22.5 Å². The van der Waals surface area contributed by atoms with Crippen LogP contribution in [0.25, 0.3) is 0 Å². The minimum Gasteiger partial charge on any atom is -0.377 e. The number of non-ortho nitro benzene ring substituents is 1. The van der Waals surface area contributed by atoms with E-state index in [0.717, 1.165) is 19.0 Å². The van der Waals surface area contributed by atoms with E-state index in [2.05, 4.69) is 11.8 Å². The summed E-state index contributed by atoms with van der Waals surface area (Å²) in [6.07, 6.45) is 5.25. The minimum atomic E-state index is -3.75. The van der Waals surface area contributed by atoms with E-state index in [0.29, 0.717) is 50.4 Å². The predicted molar refractivity (Wildman–Crippen MR) is 110 cm³/mol. The van der Waals surface area contributed by atoms with Crippen molar-refractivity contribution in [1.82, 2.24) is 9.21 Å². The van der Waals surface area contributed by atoms with Crippen molar-refractivity contribution in [1.29, 1.82) is 0 Å². The molecule has 3 rings (SSSR count). The molecule has 1 aliphatic carbocycles. The number of hydrogen-bond donors (Lipinski definition) is 0. The van der Waals surface area contributed by atoms with E-state index >= 15 is 0 Å². The van der Waals surface area contributed by atoms with Crippen LogP contribution in [0.4, 0.5) is 5.69 Å². The lowest BCUT2D eigenvalue weighted by molar-refractivity contribution is -0.385. The Morgan fingerprint density at radius 2 is 1.86 bits per heavy atom. The van der Waals surface area contributed by atoms with Crippen LogP contribution < -0.4 is 0 Å². The molecule has 29 heavy (non-hydrogen) atoms. The van der Waals surface area contributed by atoms with E-state index < -0.39 is 14.9 Å². The number of aryl methyl sites for hydroxylation is 1. The van der Waals surface area contributed by atoms with E-state index in [1.807, 2.05) is 0 Å². The van der Waals surface area contributed by atoms with Gasteiger partial charge < -0.3 is 4.74 Å². The third-order valence-corrected chi connectivity index (χ3v) is 8.14. The first-order valence-electron chi connectivity index (χ1n) is 10.4. The van der Waals surface area contributed by atoms with Gasteiger partial charge in [-0.3, -0.25) is 15.0 Å². The molecule has 0 amide bonds. The zero-order valence-corrected chi connectivity index (χ0v) is 18.1. The summed E-state index contributed by atoms with van der Waals surface area (Å²) in [7, 11) is -3.75. The average molecular weight is 426 g/mol. The molecule has 0 radical (unpaired) electrons. The van der Waals surface area contributed by atoms with Gasteiger partial charge in [-0.1, -0.05) is 25.8 Å². The first-order chi connectivity index (χ1) is 13.8. The number of nitrogens with zero attached hydrogens (tertiary/aromatic N) is 3. The maximum atomic E-state index is 13.0. The fourth-order valence-electron chi connectivity index (χ4n) is 4.18. The Hall–Kier alpha value is -1.55. The fraction of sp³-hybridized carbons (Fsp3) is 0.700. The molecular formula is C20H31N3O5S. The molecule has 2 aliphatic rings. The Morgan fingerprint density at radius 3 is 2.52 bits per heavy atom. The molecule has 0 N–H and O–H groups in total. The van der Waals surface area contributed by atoms with Crippen molar-refractivity contribution in [2.24, 2.45) is 5.92 Å². The molecule has 0 bridgehead atoms. The Bertz CT molecular complexity index is 821. The van der Waals surface area contributed by atoms with Gasteiger partial charge in [0.2, 0.25) is 10.0 Å². The summed E-state index contributed by atoms with van der Waals surface area (Å²) < 4.78 is 33.5. The van der Waals surface area contributed by atoms with Gasteiger partial charge in [-0.25, -0.2) is 8.42 Å². The molecule has 1 saturated heterocycles. The molecule has 8 nitrogen and oxygen atoms in total. The highest BCUT2D eigenvalue weighted by Gasteiger charge is 2.31. The predicted octanol–water partition coefficient (Wildman–Crippen LogP) is 2.80.